The van der Waals surface area contributed by atoms with E-state index in [1.165, 1.54) is 0 Å². The Morgan fingerprint density at radius 1 is 1.33 bits per heavy atom. The molecule has 1 aromatic rings. The number of carbonyl (C=O) groups is 2. The lowest BCUT2D eigenvalue weighted by Crippen LogP contribution is -2.16. The molecular formula is C12H12O3. The minimum Gasteiger partial charge on any atom is -0.461 e. The highest BCUT2D eigenvalue weighted by atomic mass is 16.5. The standard InChI is InChI=1S/C12H12O3/c13-8-12(6-7-12)9-15-11(14)10-4-2-1-3-5-10/h1-5,8H,6-7,9H2. The van der Waals surface area contributed by atoms with Crippen LogP contribution >= 0.6 is 0 Å². The third-order valence-electron chi connectivity index (χ3n) is 2.64. The van der Waals surface area contributed by atoms with Crippen molar-refractivity contribution in [2.75, 3.05) is 6.61 Å². The molecule has 0 unspecified atom stereocenters. The number of benzene rings is 1. The van der Waals surface area contributed by atoms with Crippen LogP contribution in [0.4, 0.5) is 0 Å². The Labute approximate surface area is 88.1 Å². The van der Waals surface area contributed by atoms with Gasteiger partial charge in [-0.15, -0.1) is 0 Å². The van der Waals surface area contributed by atoms with Gasteiger partial charge in [0.2, 0.25) is 0 Å². The molecule has 0 aromatic heterocycles. The first-order valence-corrected chi connectivity index (χ1v) is 4.94. The molecule has 1 fully saturated rings. The number of rotatable bonds is 4. The molecule has 0 N–H and O–H groups in total. The molecule has 0 saturated heterocycles. The fraction of sp³-hybridized carbons (Fsp3) is 0.333. The van der Waals surface area contributed by atoms with Gasteiger partial charge in [0.05, 0.1) is 11.0 Å². The smallest absolute Gasteiger partial charge is 0.338 e. The maximum atomic E-state index is 11.5. The third kappa shape index (κ3) is 2.24. The molecule has 1 aromatic carbocycles. The van der Waals surface area contributed by atoms with Crippen molar-refractivity contribution in [2.45, 2.75) is 12.8 Å². The maximum absolute atomic E-state index is 11.5. The van der Waals surface area contributed by atoms with E-state index in [-0.39, 0.29) is 18.0 Å². The van der Waals surface area contributed by atoms with Gasteiger partial charge in [0, 0.05) is 0 Å². The second kappa shape index (κ2) is 3.85. The lowest BCUT2D eigenvalue weighted by molar-refractivity contribution is -0.113. The summed E-state index contributed by atoms with van der Waals surface area (Å²) in [6.45, 7) is 0.213. The molecule has 0 aliphatic heterocycles. The van der Waals surface area contributed by atoms with Crippen molar-refractivity contribution in [1.82, 2.24) is 0 Å². The van der Waals surface area contributed by atoms with Crippen molar-refractivity contribution >= 4 is 12.3 Å². The van der Waals surface area contributed by atoms with Crippen LogP contribution in [0.3, 0.4) is 0 Å². The highest BCUT2D eigenvalue weighted by molar-refractivity contribution is 5.89. The number of hydrogen-bond acceptors (Lipinski definition) is 3. The van der Waals surface area contributed by atoms with E-state index < -0.39 is 0 Å². The van der Waals surface area contributed by atoms with Gasteiger partial charge in [0.15, 0.2) is 0 Å². The molecule has 0 spiro atoms. The van der Waals surface area contributed by atoms with E-state index in [4.69, 9.17) is 4.74 Å². The van der Waals surface area contributed by atoms with Crippen molar-refractivity contribution in [3.8, 4) is 0 Å². The monoisotopic (exact) mass is 204 g/mol. The summed E-state index contributed by atoms with van der Waals surface area (Å²) in [5.74, 6) is -0.358. The first-order valence-electron chi connectivity index (χ1n) is 4.94. The quantitative estimate of drug-likeness (QED) is 0.555. The molecule has 0 bridgehead atoms. The number of ether oxygens (including phenoxy) is 1. The molecule has 0 atom stereocenters. The second-order valence-electron chi connectivity index (χ2n) is 3.92. The van der Waals surface area contributed by atoms with E-state index in [0.29, 0.717) is 5.56 Å². The molecule has 3 nitrogen and oxygen atoms in total. The van der Waals surface area contributed by atoms with Crippen molar-refractivity contribution in [2.24, 2.45) is 5.41 Å². The Bertz CT molecular complexity index is 366. The first kappa shape index (κ1) is 9.90. The minimum atomic E-state index is -0.371. The lowest BCUT2D eigenvalue weighted by atomic mass is 10.1. The van der Waals surface area contributed by atoms with E-state index in [2.05, 4.69) is 0 Å². The van der Waals surface area contributed by atoms with E-state index >= 15 is 0 Å². The third-order valence-corrected chi connectivity index (χ3v) is 2.64. The van der Waals surface area contributed by atoms with Crippen molar-refractivity contribution < 1.29 is 14.3 Å². The summed E-state index contributed by atoms with van der Waals surface area (Å²) in [4.78, 5) is 22.1. The molecule has 78 valence electrons. The predicted octanol–water partition coefficient (Wildman–Crippen LogP) is 1.82. The molecule has 1 aliphatic rings. The van der Waals surface area contributed by atoms with Crippen molar-refractivity contribution in [1.29, 1.82) is 0 Å². The van der Waals surface area contributed by atoms with E-state index in [9.17, 15) is 9.59 Å². The maximum Gasteiger partial charge on any atom is 0.338 e. The zero-order valence-electron chi connectivity index (χ0n) is 8.31. The van der Waals surface area contributed by atoms with Gasteiger partial charge in [-0.2, -0.15) is 0 Å². The van der Waals surface area contributed by atoms with Crippen LogP contribution in [0.25, 0.3) is 0 Å². The van der Waals surface area contributed by atoms with Crippen LogP contribution < -0.4 is 0 Å². The van der Waals surface area contributed by atoms with Gasteiger partial charge in [0.1, 0.15) is 12.9 Å². The lowest BCUT2D eigenvalue weighted by Gasteiger charge is -2.08. The molecule has 15 heavy (non-hydrogen) atoms. The molecule has 3 heteroatoms. The van der Waals surface area contributed by atoms with Crippen LogP contribution in [0.1, 0.15) is 23.2 Å². The Hall–Kier alpha value is -1.64. The average Bonchev–Trinajstić information content (AvgIpc) is 3.08. The normalized spacial score (nSPS) is 16.8. The summed E-state index contributed by atoms with van der Waals surface area (Å²) < 4.78 is 5.08. The summed E-state index contributed by atoms with van der Waals surface area (Å²) in [6, 6.07) is 8.79. The fourth-order valence-electron chi connectivity index (χ4n) is 1.32. The van der Waals surface area contributed by atoms with E-state index in [1.54, 1.807) is 24.3 Å². The molecule has 1 saturated carbocycles. The van der Waals surface area contributed by atoms with Crippen LogP contribution in [-0.4, -0.2) is 18.9 Å². The highest BCUT2D eigenvalue weighted by Gasteiger charge is 2.44. The summed E-state index contributed by atoms with van der Waals surface area (Å²) in [6.07, 6.45) is 2.56. The average molecular weight is 204 g/mol. The molecule has 0 radical (unpaired) electrons. The van der Waals surface area contributed by atoms with E-state index in [0.717, 1.165) is 19.1 Å². The molecule has 0 amide bonds. The fourth-order valence-corrected chi connectivity index (χ4v) is 1.32. The number of aldehydes is 1. The number of esters is 1. The topological polar surface area (TPSA) is 43.4 Å². The van der Waals surface area contributed by atoms with Crippen LogP contribution in [0.2, 0.25) is 0 Å². The predicted molar refractivity (Wildman–Crippen MR) is 54.5 cm³/mol. The van der Waals surface area contributed by atoms with Crippen molar-refractivity contribution in [3.63, 3.8) is 0 Å². The van der Waals surface area contributed by atoms with Gasteiger partial charge in [0.25, 0.3) is 0 Å². The number of carbonyl (C=O) groups excluding carboxylic acids is 2. The zero-order valence-corrected chi connectivity index (χ0v) is 8.31. The SMILES string of the molecule is O=CC1(COC(=O)c2ccccc2)CC1. The molecule has 1 aliphatic carbocycles. The van der Waals surface area contributed by atoms with Gasteiger partial charge >= 0.3 is 5.97 Å². The van der Waals surface area contributed by atoms with Crippen LogP contribution in [0.5, 0.6) is 0 Å². The summed E-state index contributed by atoms with van der Waals surface area (Å²) in [5.41, 5.74) is 0.156. The Morgan fingerprint density at radius 3 is 2.53 bits per heavy atom. The Balaban J connectivity index is 1.91. The second-order valence-corrected chi connectivity index (χ2v) is 3.92. The Morgan fingerprint density at radius 2 is 2.00 bits per heavy atom. The molecule has 0 heterocycles. The highest BCUT2D eigenvalue weighted by Crippen LogP contribution is 2.43. The number of hydrogen-bond donors (Lipinski definition) is 0. The van der Waals surface area contributed by atoms with Crippen LogP contribution in [0.15, 0.2) is 30.3 Å². The molecular weight excluding hydrogens is 192 g/mol. The summed E-state index contributed by atoms with van der Waals surface area (Å²) in [5, 5.41) is 0. The van der Waals surface area contributed by atoms with Gasteiger partial charge < -0.3 is 9.53 Å². The van der Waals surface area contributed by atoms with E-state index in [1.807, 2.05) is 6.07 Å². The zero-order chi connectivity index (χ0) is 10.7. The van der Waals surface area contributed by atoms with Crippen molar-refractivity contribution in [3.05, 3.63) is 35.9 Å². The summed E-state index contributed by atoms with van der Waals surface area (Å²) in [7, 11) is 0. The van der Waals surface area contributed by atoms with Gasteiger partial charge in [-0.05, 0) is 25.0 Å². The molecule has 2 rings (SSSR count). The minimum absolute atomic E-state index is 0.213. The largest absolute Gasteiger partial charge is 0.461 e. The Kier molecular flexibility index (Phi) is 2.54. The van der Waals surface area contributed by atoms with Gasteiger partial charge in [-0.1, -0.05) is 18.2 Å². The van der Waals surface area contributed by atoms with Gasteiger partial charge in [-0.25, -0.2) is 4.79 Å². The van der Waals surface area contributed by atoms with Crippen LogP contribution in [0, 0.1) is 5.41 Å². The van der Waals surface area contributed by atoms with Gasteiger partial charge in [-0.3, -0.25) is 0 Å². The van der Waals surface area contributed by atoms with Crippen LogP contribution in [-0.2, 0) is 9.53 Å². The summed E-state index contributed by atoms with van der Waals surface area (Å²) >= 11 is 0. The first-order chi connectivity index (χ1) is 7.26.